The second-order valence-corrected chi connectivity index (χ2v) is 9.17. The van der Waals surface area contributed by atoms with E-state index in [9.17, 15) is 34.3 Å². The van der Waals surface area contributed by atoms with E-state index in [4.69, 9.17) is 0 Å². The van der Waals surface area contributed by atoms with Gasteiger partial charge in [-0.1, -0.05) is 44.2 Å². The number of benzene rings is 2. The van der Waals surface area contributed by atoms with E-state index >= 15 is 0 Å². The summed E-state index contributed by atoms with van der Waals surface area (Å²) < 4.78 is 4.60. The van der Waals surface area contributed by atoms with Gasteiger partial charge in [-0.05, 0) is 55.0 Å². The molecule has 38 heavy (non-hydrogen) atoms. The highest BCUT2D eigenvalue weighted by Gasteiger charge is 2.29. The number of ether oxygens (including phenoxy) is 1. The fourth-order valence-corrected chi connectivity index (χ4v) is 3.69. The minimum Gasteiger partial charge on any atom is -0.480 e. The Morgan fingerprint density at radius 3 is 2.11 bits per heavy atom. The van der Waals surface area contributed by atoms with Gasteiger partial charge in [0.1, 0.15) is 6.04 Å². The second kappa shape index (κ2) is 14.5. The second-order valence-electron chi connectivity index (χ2n) is 9.17. The van der Waals surface area contributed by atoms with Crippen LogP contribution in [-0.4, -0.2) is 58.3 Å². The number of carboxylic acid groups (broad SMARTS) is 1. The number of rotatable bonds is 12. The van der Waals surface area contributed by atoms with Crippen LogP contribution in [0.3, 0.4) is 0 Å². The molecule has 0 spiro atoms. The topological polar surface area (TPSA) is 162 Å². The minimum atomic E-state index is -1.19. The zero-order valence-electron chi connectivity index (χ0n) is 21.5. The molecule has 0 aromatic heterocycles. The number of aliphatic carboxylic acids is 1. The molecular formula is C27H33N3O8. The highest BCUT2D eigenvalue weighted by molar-refractivity contribution is 5.97. The van der Waals surface area contributed by atoms with Crippen LogP contribution in [0.1, 0.15) is 59.4 Å². The molecule has 204 valence electrons. The Kier molecular flexibility index (Phi) is 11.4. The predicted molar refractivity (Wildman–Crippen MR) is 136 cm³/mol. The van der Waals surface area contributed by atoms with Crippen LogP contribution in [-0.2, 0) is 25.5 Å². The molecule has 0 aliphatic heterocycles. The fourth-order valence-electron chi connectivity index (χ4n) is 3.69. The molecule has 0 saturated carbocycles. The number of esters is 1. The van der Waals surface area contributed by atoms with Crippen LogP contribution in [0.5, 0.6) is 0 Å². The SMILES string of the molecule is COC(=O)c1ccc(C(=O)NN(O)C(=O)CC(CCc2ccccc2)C(=O)N[C@@H](CC(C)C)C(=O)O)cc1. The van der Waals surface area contributed by atoms with Gasteiger partial charge >= 0.3 is 11.9 Å². The molecular weight excluding hydrogens is 494 g/mol. The van der Waals surface area contributed by atoms with Crippen LogP contribution in [0, 0.1) is 11.8 Å². The Bertz CT molecular complexity index is 1120. The van der Waals surface area contributed by atoms with Crippen molar-refractivity contribution in [1.82, 2.24) is 15.9 Å². The average Bonchev–Trinajstić information content (AvgIpc) is 2.90. The molecule has 2 aromatic rings. The number of hydrogen-bond donors (Lipinski definition) is 4. The van der Waals surface area contributed by atoms with Crippen LogP contribution >= 0.6 is 0 Å². The van der Waals surface area contributed by atoms with Gasteiger partial charge in [-0.3, -0.25) is 19.6 Å². The predicted octanol–water partition coefficient (Wildman–Crippen LogP) is 2.59. The van der Waals surface area contributed by atoms with Crippen LogP contribution in [0.4, 0.5) is 0 Å². The number of nitrogens with zero attached hydrogens (tertiary/aromatic N) is 1. The summed E-state index contributed by atoms with van der Waals surface area (Å²) in [6.45, 7) is 3.65. The van der Waals surface area contributed by atoms with Crippen LogP contribution in [0.25, 0.3) is 0 Å². The highest BCUT2D eigenvalue weighted by Crippen LogP contribution is 2.17. The van der Waals surface area contributed by atoms with E-state index in [1.807, 2.05) is 49.6 Å². The van der Waals surface area contributed by atoms with E-state index in [1.54, 1.807) is 0 Å². The molecule has 11 heteroatoms. The largest absolute Gasteiger partial charge is 0.480 e. The van der Waals surface area contributed by atoms with E-state index in [2.05, 4.69) is 10.1 Å². The number of hydrogen-bond acceptors (Lipinski definition) is 7. The molecule has 0 bridgehead atoms. The summed E-state index contributed by atoms with van der Waals surface area (Å²) in [6.07, 6.45) is 0.354. The Morgan fingerprint density at radius 2 is 1.55 bits per heavy atom. The monoisotopic (exact) mass is 527 g/mol. The van der Waals surface area contributed by atoms with E-state index in [1.165, 1.54) is 31.4 Å². The lowest BCUT2D eigenvalue weighted by molar-refractivity contribution is -0.177. The van der Waals surface area contributed by atoms with Crippen LogP contribution < -0.4 is 10.7 Å². The van der Waals surface area contributed by atoms with E-state index in [-0.39, 0.29) is 35.1 Å². The lowest BCUT2D eigenvalue weighted by Gasteiger charge is -2.23. The summed E-state index contributed by atoms with van der Waals surface area (Å²) >= 11 is 0. The van der Waals surface area contributed by atoms with Crippen molar-refractivity contribution < 1.29 is 39.0 Å². The van der Waals surface area contributed by atoms with E-state index in [0.717, 1.165) is 5.56 Å². The number of aryl methyl sites for hydroxylation is 1. The first kappa shape index (κ1) is 30.0. The van der Waals surface area contributed by atoms with Gasteiger partial charge < -0.3 is 15.2 Å². The van der Waals surface area contributed by atoms with E-state index < -0.39 is 48.0 Å². The minimum absolute atomic E-state index is 0.00213. The Morgan fingerprint density at radius 1 is 0.947 bits per heavy atom. The molecule has 0 aliphatic rings. The van der Waals surface area contributed by atoms with Gasteiger partial charge in [0.25, 0.3) is 11.8 Å². The molecule has 0 radical (unpaired) electrons. The van der Waals surface area contributed by atoms with Crippen molar-refractivity contribution in [2.24, 2.45) is 11.8 Å². The van der Waals surface area contributed by atoms with Crippen molar-refractivity contribution in [3.8, 4) is 0 Å². The smallest absolute Gasteiger partial charge is 0.337 e. The van der Waals surface area contributed by atoms with Crippen molar-refractivity contribution in [3.05, 3.63) is 71.3 Å². The quantitative estimate of drug-likeness (QED) is 0.186. The molecule has 0 heterocycles. The number of carboxylic acids is 1. The highest BCUT2D eigenvalue weighted by atomic mass is 16.6. The molecule has 0 saturated heterocycles. The average molecular weight is 528 g/mol. The standard InChI is InChI=1S/C27H33N3O8/c1-17(2)15-22(26(34)35)28-24(32)21(10-9-18-7-5-4-6-8-18)16-23(31)30(37)29-25(33)19-11-13-20(14-12-19)27(36)38-3/h4-8,11-14,17,21-22,37H,9-10,15-16H2,1-3H3,(H,28,32)(H,29,33)(H,34,35)/t21?,22-/m0/s1. The van der Waals surface area contributed by atoms with Gasteiger partial charge in [0.15, 0.2) is 0 Å². The molecule has 2 rings (SSSR count). The maximum absolute atomic E-state index is 13.0. The summed E-state index contributed by atoms with van der Waals surface area (Å²) in [5.74, 6) is -5.17. The third kappa shape index (κ3) is 9.32. The molecule has 3 amide bonds. The molecule has 1 unspecified atom stereocenters. The number of carbonyl (C=O) groups excluding carboxylic acids is 4. The lowest BCUT2D eigenvalue weighted by Crippen LogP contribution is -2.47. The molecule has 2 aromatic carbocycles. The molecule has 4 N–H and O–H groups in total. The molecule has 11 nitrogen and oxygen atoms in total. The van der Waals surface area contributed by atoms with Gasteiger partial charge in [0.2, 0.25) is 5.91 Å². The summed E-state index contributed by atoms with van der Waals surface area (Å²) in [7, 11) is 1.22. The van der Waals surface area contributed by atoms with Crippen molar-refractivity contribution >= 4 is 29.7 Å². The summed E-state index contributed by atoms with van der Waals surface area (Å²) in [5.41, 5.74) is 3.21. The molecule has 0 aliphatic carbocycles. The first-order valence-corrected chi connectivity index (χ1v) is 12.1. The van der Waals surface area contributed by atoms with Crippen molar-refractivity contribution in [1.29, 1.82) is 0 Å². The van der Waals surface area contributed by atoms with E-state index in [0.29, 0.717) is 6.42 Å². The first-order chi connectivity index (χ1) is 18.0. The van der Waals surface area contributed by atoms with Crippen molar-refractivity contribution in [2.75, 3.05) is 7.11 Å². The van der Waals surface area contributed by atoms with Crippen molar-refractivity contribution in [3.63, 3.8) is 0 Å². The van der Waals surface area contributed by atoms with Gasteiger partial charge in [0.05, 0.1) is 12.7 Å². The Labute approximate surface area is 220 Å². The third-order valence-electron chi connectivity index (χ3n) is 5.75. The maximum Gasteiger partial charge on any atom is 0.337 e. The number of hydrazine groups is 1. The zero-order valence-corrected chi connectivity index (χ0v) is 21.5. The molecule has 2 atom stereocenters. The number of amides is 3. The number of carbonyl (C=O) groups is 5. The molecule has 0 fully saturated rings. The third-order valence-corrected chi connectivity index (χ3v) is 5.75. The summed E-state index contributed by atoms with van der Waals surface area (Å²) in [4.78, 5) is 61.4. The number of methoxy groups -OCH3 is 1. The lowest BCUT2D eigenvalue weighted by atomic mass is 9.94. The van der Waals surface area contributed by atoms with Crippen LogP contribution in [0.2, 0.25) is 0 Å². The maximum atomic E-state index is 13.0. The van der Waals surface area contributed by atoms with Gasteiger partial charge in [0, 0.05) is 17.9 Å². The van der Waals surface area contributed by atoms with Crippen LogP contribution in [0.15, 0.2) is 54.6 Å². The Balaban J connectivity index is 2.09. The summed E-state index contributed by atoms with van der Waals surface area (Å²) in [6, 6.07) is 13.4. The van der Waals surface area contributed by atoms with Gasteiger partial charge in [-0.2, -0.15) is 0 Å². The fraction of sp³-hybridized carbons (Fsp3) is 0.370. The summed E-state index contributed by atoms with van der Waals surface area (Å²) in [5, 5.41) is 22.2. The van der Waals surface area contributed by atoms with Gasteiger partial charge in [-0.25, -0.2) is 15.0 Å². The number of nitrogens with one attached hydrogen (secondary N) is 2. The van der Waals surface area contributed by atoms with Gasteiger partial charge in [-0.15, -0.1) is 5.17 Å². The Hall–Kier alpha value is -4.25. The number of hydroxylamine groups is 1. The first-order valence-electron chi connectivity index (χ1n) is 12.1. The zero-order chi connectivity index (χ0) is 28.2. The normalized spacial score (nSPS) is 12.2. The van der Waals surface area contributed by atoms with Crippen molar-refractivity contribution in [2.45, 2.75) is 45.6 Å².